The second kappa shape index (κ2) is 3.28. The smallest absolute Gasteiger partial charge is 0.309 e. The van der Waals surface area contributed by atoms with Crippen LogP contribution in [0.25, 0.3) is 0 Å². The number of carbonyl (C=O) groups is 1. The number of alkyl halides is 2. The van der Waals surface area contributed by atoms with Crippen molar-refractivity contribution in [2.24, 2.45) is 17.3 Å². The summed E-state index contributed by atoms with van der Waals surface area (Å²) in [5.41, 5.74) is -0.0335. The molecule has 0 heterocycles. The van der Waals surface area contributed by atoms with Crippen molar-refractivity contribution < 1.29 is 18.7 Å². The molecule has 1 N–H and O–H groups in total. The third kappa shape index (κ3) is 1.55. The number of carboxylic acid groups (broad SMARTS) is 1. The molecule has 1 fully saturated rings. The van der Waals surface area contributed by atoms with E-state index in [1.54, 1.807) is 6.08 Å². The summed E-state index contributed by atoms with van der Waals surface area (Å²) in [6.45, 7) is 3.99. The number of hydrogen-bond acceptors (Lipinski definition) is 1. The van der Waals surface area contributed by atoms with Crippen molar-refractivity contribution in [1.29, 1.82) is 0 Å². The van der Waals surface area contributed by atoms with Crippen molar-refractivity contribution >= 4 is 5.97 Å². The van der Waals surface area contributed by atoms with Crippen molar-refractivity contribution in [1.82, 2.24) is 0 Å². The molecular formula is C12H16F2O2. The molecule has 2 bridgehead atoms. The molecule has 0 amide bonds. The minimum absolute atomic E-state index is 0.0578. The van der Waals surface area contributed by atoms with Crippen LogP contribution in [0.4, 0.5) is 8.78 Å². The molecular weight excluding hydrogens is 214 g/mol. The first-order valence-electron chi connectivity index (χ1n) is 5.55. The Balaban J connectivity index is 2.22. The molecule has 3 rings (SSSR count). The standard InChI is InChI=1S/C12H16F2O2/c1-11(2)7-3-4-8(9(11)5-7)12(13,14)6-10(15)16/h4,7,9H,3,5-6H2,1-2H3,(H,15,16). The molecule has 0 spiro atoms. The largest absolute Gasteiger partial charge is 0.481 e. The van der Waals surface area contributed by atoms with Gasteiger partial charge in [0.25, 0.3) is 5.92 Å². The number of carboxylic acids is 1. The van der Waals surface area contributed by atoms with Crippen LogP contribution in [0.2, 0.25) is 0 Å². The Kier molecular flexibility index (Phi) is 2.37. The van der Waals surface area contributed by atoms with Crippen molar-refractivity contribution in [3.8, 4) is 0 Å². The summed E-state index contributed by atoms with van der Waals surface area (Å²) in [6.07, 6.45) is 1.92. The van der Waals surface area contributed by atoms with Crippen molar-refractivity contribution in [2.75, 3.05) is 0 Å². The van der Waals surface area contributed by atoms with Gasteiger partial charge < -0.3 is 5.11 Å². The second-order valence-corrected chi connectivity index (χ2v) is 5.48. The summed E-state index contributed by atoms with van der Waals surface area (Å²) >= 11 is 0. The first kappa shape index (κ1) is 11.6. The molecule has 3 aliphatic rings. The van der Waals surface area contributed by atoms with Gasteiger partial charge in [-0.05, 0) is 35.7 Å². The molecule has 0 aliphatic heterocycles. The van der Waals surface area contributed by atoms with Crippen LogP contribution >= 0.6 is 0 Å². The first-order valence-corrected chi connectivity index (χ1v) is 5.55. The van der Waals surface area contributed by atoms with Gasteiger partial charge in [0.15, 0.2) is 0 Å². The molecule has 0 aromatic carbocycles. The lowest BCUT2D eigenvalue weighted by Gasteiger charge is -2.57. The summed E-state index contributed by atoms with van der Waals surface area (Å²) in [5.74, 6) is -4.27. The maximum atomic E-state index is 13.7. The highest BCUT2D eigenvalue weighted by Crippen LogP contribution is 2.61. The summed E-state index contributed by atoms with van der Waals surface area (Å²) in [6, 6.07) is 0. The molecule has 0 aromatic rings. The number of rotatable bonds is 3. The van der Waals surface area contributed by atoms with Gasteiger partial charge in [0, 0.05) is 0 Å². The van der Waals surface area contributed by atoms with E-state index in [1.165, 1.54) is 0 Å². The quantitative estimate of drug-likeness (QED) is 0.756. The van der Waals surface area contributed by atoms with E-state index in [2.05, 4.69) is 0 Å². The van der Waals surface area contributed by atoms with E-state index in [0.29, 0.717) is 12.3 Å². The van der Waals surface area contributed by atoms with E-state index in [4.69, 9.17) is 5.11 Å². The normalized spacial score (nSPS) is 31.6. The molecule has 2 atom stereocenters. The Hall–Kier alpha value is -0.930. The predicted octanol–water partition coefficient (Wildman–Crippen LogP) is 3.09. The molecule has 0 saturated heterocycles. The Morgan fingerprint density at radius 2 is 2.25 bits per heavy atom. The number of hydrogen-bond donors (Lipinski definition) is 1. The molecule has 2 nitrogen and oxygen atoms in total. The van der Waals surface area contributed by atoms with Gasteiger partial charge in [0.05, 0.1) is 0 Å². The van der Waals surface area contributed by atoms with Crippen LogP contribution in [0.3, 0.4) is 0 Å². The Morgan fingerprint density at radius 1 is 1.62 bits per heavy atom. The Morgan fingerprint density at radius 3 is 2.69 bits per heavy atom. The van der Waals surface area contributed by atoms with Crippen LogP contribution in [0.1, 0.15) is 33.1 Å². The van der Waals surface area contributed by atoms with Gasteiger partial charge >= 0.3 is 5.97 Å². The lowest BCUT2D eigenvalue weighted by atomic mass is 9.48. The zero-order valence-corrected chi connectivity index (χ0v) is 9.46. The highest BCUT2D eigenvalue weighted by atomic mass is 19.3. The van der Waals surface area contributed by atoms with E-state index in [1.807, 2.05) is 13.8 Å². The maximum absolute atomic E-state index is 13.7. The summed E-state index contributed by atoms with van der Waals surface area (Å²) in [4.78, 5) is 10.4. The number of halogens is 2. The topological polar surface area (TPSA) is 37.3 Å². The predicted molar refractivity (Wildman–Crippen MR) is 55.3 cm³/mol. The monoisotopic (exact) mass is 230 g/mol. The van der Waals surface area contributed by atoms with E-state index < -0.39 is 18.3 Å². The highest BCUT2D eigenvalue weighted by molar-refractivity contribution is 5.68. The average Bonchev–Trinajstić information content (AvgIpc) is 2.15. The van der Waals surface area contributed by atoms with E-state index in [9.17, 15) is 13.6 Å². The van der Waals surface area contributed by atoms with Crippen LogP contribution < -0.4 is 0 Å². The average molecular weight is 230 g/mol. The molecule has 0 aromatic heterocycles. The third-order valence-electron chi connectivity index (χ3n) is 4.26. The van der Waals surface area contributed by atoms with Crippen LogP contribution in [0.5, 0.6) is 0 Å². The molecule has 3 aliphatic carbocycles. The van der Waals surface area contributed by atoms with Gasteiger partial charge in [0.1, 0.15) is 6.42 Å². The molecule has 1 saturated carbocycles. The minimum Gasteiger partial charge on any atom is -0.481 e. The summed E-state index contributed by atoms with van der Waals surface area (Å²) in [7, 11) is 0. The van der Waals surface area contributed by atoms with Gasteiger partial charge in [-0.1, -0.05) is 19.9 Å². The van der Waals surface area contributed by atoms with E-state index >= 15 is 0 Å². The van der Waals surface area contributed by atoms with Crippen molar-refractivity contribution in [2.45, 2.75) is 39.0 Å². The fourth-order valence-corrected chi connectivity index (χ4v) is 3.05. The number of aliphatic carboxylic acids is 1. The zero-order valence-electron chi connectivity index (χ0n) is 9.46. The van der Waals surface area contributed by atoms with E-state index in [-0.39, 0.29) is 16.9 Å². The van der Waals surface area contributed by atoms with Crippen LogP contribution in [-0.4, -0.2) is 17.0 Å². The molecule has 16 heavy (non-hydrogen) atoms. The van der Waals surface area contributed by atoms with Gasteiger partial charge in [-0.2, -0.15) is 0 Å². The molecule has 4 heteroatoms. The lowest BCUT2D eigenvalue weighted by molar-refractivity contribution is -0.144. The summed E-state index contributed by atoms with van der Waals surface area (Å²) in [5, 5.41) is 8.50. The Labute approximate surface area is 93.3 Å². The third-order valence-corrected chi connectivity index (χ3v) is 4.26. The molecule has 90 valence electrons. The first-order chi connectivity index (χ1) is 7.25. The van der Waals surface area contributed by atoms with Crippen LogP contribution in [0.15, 0.2) is 11.6 Å². The molecule has 0 radical (unpaired) electrons. The SMILES string of the molecule is CC1(C)C2CC=C(C(F)(F)CC(=O)O)C1C2. The van der Waals surface area contributed by atoms with Crippen molar-refractivity contribution in [3.05, 3.63) is 11.6 Å². The fourth-order valence-electron chi connectivity index (χ4n) is 3.05. The van der Waals surface area contributed by atoms with Crippen LogP contribution in [0, 0.1) is 17.3 Å². The highest BCUT2D eigenvalue weighted by Gasteiger charge is 2.56. The minimum atomic E-state index is -3.18. The number of fused-ring (bicyclic) bond motifs is 1. The number of allylic oxidation sites excluding steroid dienone is 2. The Bertz CT molecular complexity index is 358. The van der Waals surface area contributed by atoms with E-state index in [0.717, 1.165) is 6.42 Å². The van der Waals surface area contributed by atoms with Crippen LogP contribution in [-0.2, 0) is 4.79 Å². The summed E-state index contributed by atoms with van der Waals surface area (Å²) < 4.78 is 27.5. The van der Waals surface area contributed by atoms with Crippen molar-refractivity contribution in [3.63, 3.8) is 0 Å². The zero-order chi connectivity index (χ0) is 12.1. The van der Waals surface area contributed by atoms with Gasteiger partial charge in [0.2, 0.25) is 0 Å². The lowest BCUT2D eigenvalue weighted by Crippen LogP contribution is -2.51. The second-order valence-electron chi connectivity index (χ2n) is 5.48. The van der Waals surface area contributed by atoms with Gasteiger partial charge in [-0.25, -0.2) is 8.78 Å². The van der Waals surface area contributed by atoms with Gasteiger partial charge in [-0.15, -0.1) is 0 Å². The maximum Gasteiger partial charge on any atom is 0.309 e. The fraction of sp³-hybridized carbons (Fsp3) is 0.750. The molecule has 2 unspecified atom stereocenters. The van der Waals surface area contributed by atoms with Gasteiger partial charge in [-0.3, -0.25) is 4.79 Å².